The Morgan fingerprint density at radius 2 is 1.04 bits per heavy atom. The van der Waals surface area contributed by atoms with Gasteiger partial charge in [0.25, 0.3) is 25.7 Å². The number of anilines is 1. The van der Waals surface area contributed by atoms with Crippen LogP contribution in [0.5, 0.6) is 0 Å². The molecule has 3 rings (SSSR count). The minimum Gasteiger partial charge on any atom is -0.258 e. The molecule has 0 spiro atoms. The molecule has 0 fully saturated rings. The van der Waals surface area contributed by atoms with Crippen LogP contribution in [0.3, 0.4) is 0 Å². The molecule has 0 bridgehead atoms. The second-order valence-corrected chi connectivity index (χ2v) is 9.38. The predicted molar refractivity (Wildman–Crippen MR) is 103 cm³/mol. The summed E-state index contributed by atoms with van der Waals surface area (Å²) in [4.78, 5) is 9.99. The largest absolute Gasteiger partial charge is 0.294 e. The molecule has 0 saturated heterocycles. The van der Waals surface area contributed by atoms with Gasteiger partial charge in [0.05, 0.1) is 14.7 Å². The van der Waals surface area contributed by atoms with E-state index in [1.54, 1.807) is 12.1 Å². The topological polar surface area (TPSA) is 115 Å². The average Bonchev–Trinajstić information content (AvgIpc) is 2.69. The van der Waals surface area contributed by atoms with Crippen molar-refractivity contribution < 1.29 is 21.8 Å². The quantitative estimate of drug-likeness (QED) is 0.449. The van der Waals surface area contributed by atoms with Crippen molar-refractivity contribution >= 4 is 31.4 Å². The lowest BCUT2D eigenvalue weighted by Crippen LogP contribution is -2.37. The molecule has 0 atom stereocenters. The molecule has 0 heterocycles. The van der Waals surface area contributed by atoms with Crippen molar-refractivity contribution in [2.75, 3.05) is 3.71 Å². The molecular weight excluding hydrogens is 404 g/mol. The molecular formula is C18H14N2O6S2. The second kappa shape index (κ2) is 7.41. The third-order valence-corrected chi connectivity index (χ3v) is 7.97. The molecule has 8 nitrogen and oxygen atoms in total. The molecule has 28 heavy (non-hydrogen) atoms. The number of benzene rings is 3. The Labute approximate surface area is 161 Å². The molecule has 0 aliphatic carbocycles. The number of nitro groups is 1. The van der Waals surface area contributed by atoms with Crippen LogP contribution in [0.15, 0.2) is 94.7 Å². The SMILES string of the molecule is O=[N+]([O-])c1ccccc1N(S(=O)(=O)c1ccccc1)S(=O)(=O)c1ccccc1. The van der Waals surface area contributed by atoms with Gasteiger partial charge in [0.15, 0.2) is 0 Å². The van der Waals surface area contributed by atoms with Crippen LogP contribution >= 0.6 is 0 Å². The standard InChI is InChI=1S/C18H14N2O6S2/c21-19(22)17-13-7-8-14-18(17)20(27(23,24)15-9-3-1-4-10-15)28(25,26)16-11-5-2-6-12-16/h1-14H. The lowest BCUT2D eigenvalue weighted by Gasteiger charge is -2.23. The van der Waals surface area contributed by atoms with Gasteiger partial charge in [0.1, 0.15) is 5.69 Å². The number of nitro benzene ring substituents is 1. The molecule has 3 aromatic carbocycles. The van der Waals surface area contributed by atoms with Crippen molar-refractivity contribution in [3.05, 3.63) is 95.0 Å². The van der Waals surface area contributed by atoms with Crippen molar-refractivity contribution in [2.24, 2.45) is 0 Å². The normalized spacial score (nSPS) is 11.7. The monoisotopic (exact) mass is 418 g/mol. The highest BCUT2D eigenvalue weighted by Crippen LogP contribution is 2.36. The van der Waals surface area contributed by atoms with Crippen LogP contribution in [0.25, 0.3) is 0 Å². The van der Waals surface area contributed by atoms with Gasteiger partial charge in [-0.15, -0.1) is 3.71 Å². The van der Waals surface area contributed by atoms with Crippen LogP contribution in [-0.4, -0.2) is 21.8 Å². The lowest BCUT2D eigenvalue weighted by molar-refractivity contribution is -0.384. The molecule has 0 unspecified atom stereocenters. The van der Waals surface area contributed by atoms with E-state index in [0.717, 1.165) is 12.1 Å². The lowest BCUT2D eigenvalue weighted by atomic mass is 10.3. The van der Waals surface area contributed by atoms with E-state index in [9.17, 15) is 26.9 Å². The summed E-state index contributed by atoms with van der Waals surface area (Å²) in [6, 6.07) is 18.5. The van der Waals surface area contributed by atoms with Crippen LogP contribution in [0.1, 0.15) is 0 Å². The number of nitrogens with zero attached hydrogens (tertiary/aromatic N) is 2. The van der Waals surface area contributed by atoms with Crippen LogP contribution in [0, 0.1) is 10.1 Å². The molecule has 0 aromatic heterocycles. The number of hydrogen-bond donors (Lipinski definition) is 0. The first kappa shape index (κ1) is 19.5. The molecule has 0 amide bonds. The van der Waals surface area contributed by atoms with Gasteiger partial charge in [-0.3, -0.25) is 10.1 Å². The van der Waals surface area contributed by atoms with Gasteiger partial charge in [-0.05, 0) is 30.3 Å². The maximum Gasteiger partial charge on any atom is 0.294 e. The highest BCUT2D eigenvalue weighted by Gasteiger charge is 2.40. The van der Waals surface area contributed by atoms with Crippen molar-refractivity contribution in [1.82, 2.24) is 0 Å². The summed E-state index contributed by atoms with van der Waals surface area (Å²) in [6.45, 7) is 0. The van der Waals surface area contributed by atoms with Crippen LogP contribution < -0.4 is 3.71 Å². The van der Waals surface area contributed by atoms with E-state index in [0.29, 0.717) is 0 Å². The summed E-state index contributed by atoms with van der Waals surface area (Å²) in [5, 5.41) is 11.4. The fourth-order valence-corrected chi connectivity index (χ4v) is 6.30. The van der Waals surface area contributed by atoms with Crippen molar-refractivity contribution in [1.29, 1.82) is 0 Å². The molecule has 3 aromatic rings. The summed E-state index contributed by atoms with van der Waals surface area (Å²) in [5.41, 5.74) is -1.22. The van der Waals surface area contributed by atoms with Gasteiger partial charge < -0.3 is 0 Å². The highest BCUT2D eigenvalue weighted by molar-refractivity contribution is 8.10. The van der Waals surface area contributed by atoms with Gasteiger partial charge in [-0.2, -0.15) is 0 Å². The average molecular weight is 418 g/mol. The zero-order chi connectivity index (χ0) is 20.4. The first-order valence-electron chi connectivity index (χ1n) is 7.90. The second-order valence-electron chi connectivity index (χ2n) is 5.58. The Balaban J connectivity index is 2.36. The first-order valence-corrected chi connectivity index (χ1v) is 10.8. The van der Waals surface area contributed by atoms with Crippen molar-refractivity contribution in [3.8, 4) is 0 Å². The first-order chi connectivity index (χ1) is 13.3. The third-order valence-electron chi connectivity index (χ3n) is 3.79. The van der Waals surface area contributed by atoms with E-state index in [-0.39, 0.29) is 13.5 Å². The van der Waals surface area contributed by atoms with E-state index in [4.69, 9.17) is 0 Å². The summed E-state index contributed by atoms with van der Waals surface area (Å²) in [6.07, 6.45) is 0. The maximum atomic E-state index is 13.3. The Kier molecular flexibility index (Phi) is 5.16. The van der Waals surface area contributed by atoms with Crippen LogP contribution in [0.2, 0.25) is 0 Å². The number of para-hydroxylation sites is 2. The molecule has 0 N–H and O–H groups in total. The summed E-state index contributed by atoms with van der Waals surface area (Å²) in [5.74, 6) is 0. The summed E-state index contributed by atoms with van der Waals surface area (Å²) < 4.78 is 53.1. The smallest absolute Gasteiger partial charge is 0.258 e. The van der Waals surface area contributed by atoms with Crippen LogP contribution in [0.4, 0.5) is 11.4 Å². The molecule has 0 aliphatic rings. The Morgan fingerprint density at radius 1 is 0.643 bits per heavy atom. The molecule has 0 aliphatic heterocycles. The molecule has 10 heteroatoms. The van der Waals surface area contributed by atoms with Crippen molar-refractivity contribution in [2.45, 2.75) is 9.79 Å². The van der Waals surface area contributed by atoms with E-state index >= 15 is 0 Å². The molecule has 0 radical (unpaired) electrons. The number of sulfonamides is 2. The number of hydrogen-bond acceptors (Lipinski definition) is 6. The Morgan fingerprint density at radius 3 is 1.46 bits per heavy atom. The number of rotatable bonds is 6. The zero-order valence-corrected chi connectivity index (χ0v) is 15.9. The minimum atomic E-state index is -4.68. The molecule has 0 saturated carbocycles. The van der Waals surface area contributed by atoms with Crippen LogP contribution in [-0.2, 0) is 20.0 Å². The van der Waals surface area contributed by atoms with Gasteiger partial charge >= 0.3 is 0 Å². The van der Waals surface area contributed by atoms with Gasteiger partial charge in [-0.25, -0.2) is 16.8 Å². The summed E-state index contributed by atoms with van der Waals surface area (Å²) in [7, 11) is -9.35. The van der Waals surface area contributed by atoms with E-state index < -0.39 is 36.3 Å². The fourth-order valence-electron chi connectivity index (χ4n) is 2.54. The van der Waals surface area contributed by atoms with E-state index in [1.165, 1.54) is 60.7 Å². The van der Waals surface area contributed by atoms with E-state index in [1.807, 2.05) is 0 Å². The third kappa shape index (κ3) is 3.47. The predicted octanol–water partition coefficient (Wildman–Crippen LogP) is 3.18. The fraction of sp³-hybridized carbons (Fsp3) is 0. The van der Waals surface area contributed by atoms with E-state index in [2.05, 4.69) is 0 Å². The maximum absolute atomic E-state index is 13.3. The Bertz CT molecular complexity index is 1140. The van der Waals surface area contributed by atoms with Gasteiger partial charge in [0, 0.05) is 6.07 Å². The van der Waals surface area contributed by atoms with Gasteiger partial charge in [-0.1, -0.05) is 48.5 Å². The summed E-state index contributed by atoms with van der Waals surface area (Å²) >= 11 is 0. The minimum absolute atomic E-state index is 0.114. The van der Waals surface area contributed by atoms with Gasteiger partial charge in [0.2, 0.25) is 0 Å². The highest BCUT2D eigenvalue weighted by atomic mass is 32.3. The molecule has 144 valence electrons. The van der Waals surface area contributed by atoms with Crippen molar-refractivity contribution in [3.63, 3.8) is 0 Å². The zero-order valence-electron chi connectivity index (χ0n) is 14.2. The Hall–Kier alpha value is -3.24.